The van der Waals surface area contributed by atoms with Crippen LogP contribution in [0.4, 0.5) is 14.9 Å². The minimum atomic E-state index is -0.798. The number of aromatic hydroxyl groups is 2. The maximum Gasteiger partial charge on any atom is 0.417 e. The number of amides is 5. The Morgan fingerprint density at radius 3 is 2.44 bits per heavy atom. The van der Waals surface area contributed by atoms with Crippen molar-refractivity contribution >= 4 is 35.4 Å². The molecule has 0 spiro atoms. The van der Waals surface area contributed by atoms with Gasteiger partial charge in [-0.1, -0.05) is 32.1 Å². The van der Waals surface area contributed by atoms with Crippen LogP contribution in [0.2, 0.25) is 0 Å². The van der Waals surface area contributed by atoms with Crippen molar-refractivity contribution in [2.75, 3.05) is 31.5 Å². The fourth-order valence-corrected chi connectivity index (χ4v) is 8.81. The zero-order valence-electron chi connectivity index (χ0n) is 35.2. The first-order valence-corrected chi connectivity index (χ1v) is 20.8. The van der Waals surface area contributed by atoms with Crippen molar-refractivity contribution in [2.24, 2.45) is 5.92 Å². The highest BCUT2D eigenvalue weighted by Gasteiger charge is 2.40. The van der Waals surface area contributed by atoms with Gasteiger partial charge in [0.05, 0.1) is 17.2 Å². The number of aromatic nitrogens is 3. The van der Waals surface area contributed by atoms with Crippen molar-refractivity contribution < 1.29 is 43.3 Å². The lowest BCUT2D eigenvalue weighted by molar-refractivity contribution is -0.137. The van der Waals surface area contributed by atoms with Crippen LogP contribution >= 0.6 is 0 Å². The number of anilines is 1. The van der Waals surface area contributed by atoms with E-state index in [4.69, 9.17) is 4.74 Å². The quantitative estimate of drug-likeness (QED) is 0.144. The van der Waals surface area contributed by atoms with E-state index < -0.39 is 35.5 Å². The van der Waals surface area contributed by atoms with E-state index in [0.29, 0.717) is 77.4 Å². The topological polar surface area (TPSA) is 220 Å². The first-order valence-electron chi connectivity index (χ1n) is 20.8. The molecule has 328 valence electrons. The van der Waals surface area contributed by atoms with Gasteiger partial charge < -0.3 is 24.7 Å². The van der Waals surface area contributed by atoms with Crippen LogP contribution in [0.25, 0.3) is 17.1 Å². The fourth-order valence-electron chi connectivity index (χ4n) is 8.81. The predicted octanol–water partition coefficient (Wildman–Crippen LogP) is 4.80. The molecule has 5 N–H and O–H groups in total. The Bertz CT molecular complexity index is 2690. The lowest BCUT2D eigenvalue weighted by atomic mass is 9.89. The number of rotatable bonds is 9. The zero-order chi connectivity index (χ0) is 44.9. The molecule has 2 fully saturated rings. The van der Waals surface area contributed by atoms with Crippen molar-refractivity contribution in [3.05, 3.63) is 110 Å². The second-order valence-corrected chi connectivity index (χ2v) is 16.7. The lowest BCUT2D eigenvalue weighted by Crippen LogP contribution is -2.52. The highest BCUT2D eigenvalue weighted by atomic mass is 19.1. The summed E-state index contributed by atoms with van der Waals surface area (Å²) in [7, 11) is 0. The van der Waals surface area contributed by atoms with E-state index >= 15 is 4.39 Å². The second-order valence-electron chi connectivity index (χ2n) is 16.7. The summed E-state index contributed by atoms with van der Waals surface area (Å²) in [6.45, 7) is 9.49. The van der Waals surface area contributed by atoms with Gasteiger partial charge in [-0.3, -0.25) is 34.7 Å². The number of piperidine rings is 1. The molecule has 0 saturated carbocycles. The number of phenolic OH excluding ortho intramolecular Hbond substituents is 2. The summed E-state index contributed by atoms with van der Waals surface area (Å²) in [4.78, 5) is 82.5. The molecule has 4 aromatic rings. The summed E-state index contributed by atoms with van der Waals surface area (Å²) in [5.74, 6) is -2.43. The van der Waals surface area contributed by atoms with Crippen LogP contribution in [0.15, 0.2) is 76.3 Å². The molecule has 3 aromatic carbocycles. The van der Waals surface area contributed by atoms with Gasteiger partial charge in [-0.25, -0.2) is 23.6 Å². The molecule has 1 aliphatic carbocycles. The maximum absolute atomic E-state index is 15.7. The van der Waals surface area contributed by atoms with Crippen molar-refractivity contribution in [2.45, 2.75) is 72.0 Å². The molecule has 4 aliphatic rings. The van der Waals surface area contributed by atoms with Crippen LogP contribution in [-0.4, -0.2) is 102 Å². The Balaban J connectivity index is 0.857. The van der Waals surface area contributed by atoms with Crippen molar-refractivity contribution in [3.8, 4) is 28.6 Å². The average molecular weight is 863 g/mol. The molecule has 8 rings (SSSR count). The van der Waals surface area contributed by atoms with Crippen LogP contribution in [0.1, 0.15) is 79.9 Å². The molecule has 1 aromatic heterocycles. The first kappa shape index (κ1) is 42.6. The second kappa shape index (κ2) is 17.0. The molecule has 2 atom stereocenters. The number of hydrogen-bond donors (Lipinski definition) is 5. The fraction of sp³-hybridized carbons (Fsp3) is 0.356. The number of aromatic amines is 1. The average Bonchev–Trinajstić information content (AvgIpc) is 3.79. The van der Waals surface area contributed by atoms with Crippen molar-refractivity contribution in [1.82, 2.24) is 34.8 Å². The maximum atomic E-state index is 15.7. The number of fused-ring (bicyclic) bond motifs is 1. The summed E-state index contributed by atoms with van der Waals surface area (Å²) in [5.41, 5.74) is 3.28. The number of halogens is 1. The first-order chi connectivity index (χ1) is 30.1. The number of allylic oxidation sites excluding steroid dienone is 2. The van der Waals surface area contributed by atoms with Crippen LogP contribution in [0.5, 0.6) is 11.5 Å². The molecule has 0 radical (unpaired) electrons. The molecule has 2 saturated heterocycles. The third kappa shape index (κ3) is 8.33. The van der Waals surface area contributed by atoms with Gasteiger partial charge in [-0.05, 0) is 79.6 Å². The summed E-state index contributed by atoms with van der Waals surface area (Å²) < 4.78 is 22.6. The van der Waals surface area contributed by atoms with Crippen molar-refractivity contribution in [3.63, 3.8) is 0 Å². The number of hydrogen-bond acceptors (Lipinski definition) is 11. The predicted molar refractivity (Wildman–Crippen MR) is 226 cm³/mol. The van der Waals surface area contributed by atoms with E-state index in [9.17, 15) is 39.0 Å². The Hall–Kier alpha value is -7.08. The Labute approximate surface area is 360 Å². The number of nitrogens with one attached hydrogen (secondary N) is 3. The number of H-pyrrole nitrogens is 1. The van der Waals surface area contributed by atoms with E-state index in [1.807, 2.05) is 18.7 Å². The number of piperazine rings is 1. The molecule has 63 heavy (non-hydrogen) atoms. The Kier molecular flexibility index (Phi) is 11.5. The minimum Gasteiger partial charge on any atom is -0.508 e. The van der Waals surface area contributed by atoms with Gasteiger partial charge in [0, 0.05) is 74.1 Å². The molecule has 3 aliphatic heterocycles. The van der Waals surface area contributed by atoms with E-state index in [-0.39, 0.29) is 78.1 Å². The van der Waals surface area contributed by atoms with Crippen molar-refractivity contribution in [1.29, 1.82) is 0 Å². The van der Waals surface area contributed by atoms with Gasteiger partial charge in [-0.15, -0.1) is 0 Å². The normalized spacial score (nSPS) is 19.3. The standard InChI is InChI=1S/C45H47FN8O9/c1-23(2)30-19-31(37(56)20-36(30)55)40-49-50-44(61)54(40)28-9-8-26(33(46)18-28)21-51-12-14-52(15-13-51)42(59)27-16-24(3)39(25(4)17-27)63-45(62)47-34-7-5-6-29-32(34)22-53(43(29)60)35-10-11-38(57)48-41(35)58/h5-9,16,18-20,23,27,35,55-56H,10-15,17,21-22H2,1-4H3,(H,47,62)(H,50,61)(H,48,57,58). The number of phenols is 2. The third-order valence-electron chi connectivity index (χ3n) is 12.1. The molecular formula is C45H47FN8O9. The minimum absolute atomic E-state index is 0.0589. The Morgan fingerprint density at radius 1 is 0.984 bits per heavy atom. The summed E-state index contributed by atoms with van der Waals surface area (Å²) in [5, 5.41) is 32.4. The number of carbonyl (C=O) groups excluding carboxylic acids is 5. The number of benzene rings is 3. The zero-order valence-corrected chi connectivity index (χ0v) is 35.2. The molecule has 18 heteroatoms. The number of ether oxygens (including phenoxy) is 1. The highest BCUT2D eigenvalue weighted by molar-refractivity contribution is 6.06. The summed E-state index contributed by atoms with van der Waals surface area (Å²) in [6.07, 6.45) is 1.68. The van der Waals surface area contributed by atoms with Gasteiger partial charge in [0.25, 0.3) is 5.91 Å². The van der Waals surface area contributed by atoms with Crippen LogP contribution < -0.4 is 16.3 Å². The Morgan fingerprint density at radius 2 is 1.75 bits per heavy atom. The highest BCUT2D eigenvalue weighted by Crippen LogP contribution is 2.38. The van der Waals surface area contributed by atoms with Crippen LogP contribution in [0, 0.1) is 11.7 Å². The van der Waals surface area contributed by atoms with Crippen LogP contribution in [0.3, 0.4) is 0 Å². The van der Waals surface area contributed by atoms with Gasteiger partial charge >= 0.3 is 11.8 Å². The van der Waals surface area contributed by atoms with Gasteiger partial charge in [0.1, 0.15) is 29.1 Å². The number of nitrogens with zero attached hydrogens (tertiary/aromatic N) is 5. The van der Waals surface area contributed by atoms with Gasteiger partial charge in [0.15, 0.2) is 5.82 Å². The molecule has 4 heterocycles. The molecule has 17 nitrogen and oxygen atoms in total. The lowest BCUT2D eigenvalue weighted by Gasteiger charge is -2.37. The molecule has 0 bridgehead atoms. The number of carbonyl (C=O) groups is 5. The third-order valence-corrected chi connectivity index (χ3v) is 12.1. The molecule has 5 amide bonds. The van der Waals surface area contributed by atoms with E-state index in [0.717, 1.165) is 4.57 Å². The molecule has 2 unspecified atom stereocenters. The summed E-state index contributed by atoms with van der Waals surface area (Å²) >= 11 is 0. The van der Waals surface area contributed by atoms with Gasteiger partial charge in [-0.2, -0.15) is 5.10 Å². The SMILES string of the molecule is CC1=CC(C(=O)N2CCN(Cc3ccc(-n4c(-c5cc(C(C)C)c(O)cc5O)n[nH]c4=O)cc3F)CC2)CC(C)=C1OC(=O)Nc1cccc2c1CN(C1CCC(=O)NC1=O)C2=O. The van der Waals surface area contributed by atoms with E-state index in [2.05, 4.69) is 20.8 Å². The van der Waals surface area contributed by atoms with Gasteiger partial charge in [0.2, 0.25) is 17.7 Å². The monoisotopic (exact) mass is 862 g/mol. The van der Waals surface area contributed by atoms with E-state index in [1.165, 1.54) is 17.0 Å². The smallest absolute Gasteiger partial charge is 0.417 e. The summed E-state index contributed by atoms with van der Waals surface area (Å²) in [6, 6.07) is 11.3. The molecular weight excluding hydrogens is 816 g/mol. The largest absolute Gasteiger partial charge is 0.508 e. The van der Waals surface area contributed by atoms with E-state index in [1.54, 1.807) is 61.2 Å². The number of imide groups is 1. The van der Waals surface area contributed by atoms with Crippen LogP contribution in [-0.2, 0) is 32.2 Å².